The minimum atomic E-state index is -1.05. The number of aromatic carboxylic acids is 2. The molecule has 0 unspecified atom stereocenters. The zero-order valence-electron chi connectivity index (χ0n) is 22.1. The third kappa shape index (κ3) is 6.35. The van der Waals surface area contributed by atoms with Crippen molar-refractivity contribution in [2.24, 2.45) is 0 Å². The first-order valence-corrected chi connectivity index (χ1v) is 14.6. The van der Waals surface area contributed by atoms with E-state index in [4.69, 9.17) is 58.0 Å². The summed E-state index contributed by atoms with van der Waals surface area (Å²) in [5.74, 6) is -2.08. The molecule has 6 aromatic rings. The fourth-order valence-corrected chi connectivity index (χ4v) is 6.11. The largest absolute Gasteiger partial charge is 0.478 e. The van der Waals surface area contributed by atoms with Crippen LogP contribution in [0.3, 0.4) is 0 Å². The van der Waals surface area contributed by atoms with E-state index >= 15 is 0 Å². The summed E-state index contributed by atoms with van der Waals surface area (Å²) in [6.45, 7) is 0.854. The van der Waals surface area contributed by atoms with Gasteiger partial charge in [-0.3, -0.25) is 0 Å². The second-order valence-electron chi connectivity index (χ2n) is 9.51. The Morgan fingerprint density at radius 1 is 0.581 bits per heavy atom. The van der Waals surface area contributed by atoms with Crippen LogP contribution < -0.4 is 0 Å². The molecule has 0 aliphatic rings. The molecule has 4 aromatic carbocycles. The van der Waals surface area contributed by atoms with Gasteiger partial charge < -0.3 is 19.3 Å². The molecule has 6 nitrogen and oxygen atoms in total. The number of carbonyl (C=O) groups is 2. The fraction of sp³-hybridized carbons (Fsp3) is 0.0625. The van der Waals surface area contributed by atoms with Crippen LogP contribution in [0.4, 0.5) is 0 Å². The second kappa shape index (κ2) is 12.9. The van der Waals surface area contributed by atoms with Crippen LogP contribution >= 0.6 is 58.0 Å². The zero-order valence-corrected chi connectivity index (χ0v) is 25.8. The van der Waals surface area contributed by atoms with Crippen molar-refractivity contribution in [2.75, 3.05) is 0 Å². The third-order valence-corrected chi connectivity index (χ3v) is 8.47. The molecule has 0 saturated carbocycles. The monoisotopic (exact) mass is 672 g/mol. The standard InChI is InChI=1S/C16H10Cl3NO2.C16H11Cl2NO2/c17-10-6-5-9(12(18)7-10)8-20-13-4-2-1-3-11(13)14(15(20)19)16(21)22;17-11-7-5-10(6-8-11)9-19-13-4-2-1-3-12(13)14(15(19)18)16(20)21/h1-7H,8H2,(H,21,22);1-8H,9H2,(H,20,21). The molecule has 0 bridgehead atoms. The molecule has 2 aromatic heterocycles. The van der Waals surface area contributed by atoms with Crippen LogP contribution in [0.2, 0.25) is 25.4 Å². The molecule has 11 heteroatoms. The van der Waals surface area contributed by atoms with E-state index in [0.717, 1.165) is 22.2 Å². The molecule has 0 spiro atoms. The number of nitrogens with zero attached hydrogens (tertiary/aromatic N) is 2. The molecule has 2 heterocycles. The number of benzene rings is 4. The maximum atomic E-state index is 11.5. The van der Waals surface area contributed by atoms with Crippen LogP contribution in [0.25, 0.3) is 21.8 Å². The average Bonchev–Trinajstić information content (AvgIpc) is 3.41. The lowest BCUT2D eigenvalue weighted by molar-refractivity contribution is 0.0688. The van der Waals surface area contributed by atoms with E-state index < -0.39 is 11.9 Å². The highest BCUT2D eigenvalue weighted by Gasteiger charge is 2.22. The molecule has 0 fully saturated rings. The normalized spacial score (nSPS) is 11.0. The molecule has 43 heavy (non-hydrogen) atoms. The third-order valence-electron chi connectivity index (χ3n) is 6.84. The van der Waals surface area contributed by atoms with E-state index in [1.165, 1.54) is 0 Å². The lowest BCUT2D eigenvalue weighted by Gasteiger charge is -2.09. The van der Waals surface area contributed by atoms with Crippen molar-refractivity contribution >= 4 is 91.7 Å². The van der Waals surface area contributed by atoms with E-state index in [0.29, 0.717) is 38.9 Å². The number of carboxylic acid groups (broad SMARTS) is 2. The minimum absolute atomic E-state index is 0.0994. The SMILES string of the molecule is O=C(O)c1c(Cl)n(Cc2ccc(Cl)cc2)c2ccccc12.O=C(O)c1c(Cl)n(Cc2ccc(Cl)cc2Cl)c2ccccc12. The highest BCUT2D eigenvalue weighted by molar-refractivity contribution is 6.36. The summed E-state index contributed by atoms with van der Waals surface area (Å²) < 4.78 is 3.53. The minimum Gasteiger partial charge on any atom is -0.478 e. The molecule has 0 radical (unpaired) electrons. The predicted octanol–water partition coefficient (Wildman–Crippen LogP) is 10.0. The molecule has 6 rings (SSSR count). The van der Waals surface area contributed by atoms with Gasteiger partial charge in [0.1, 0.15) is 21.4 Å². The Kier molecular flexibility index (Phi) is 9.25. The average molecular weight is 675 g/mol. The summed E-state index contributed by atoms with van der Waals surface area (Å²) in [4.78, 5) is 22.9. The topological polar surface area (TPSA) is 84.5 Å². The van der Waals surface area contributed by atoms with E-state index in [1.54, 1.807) is 63.7 Å². The van der Waals surface area contributed by atoms with Crippen LogP contribution in [-0.2, 0) is 13.1 Å². The second-order valence-corrected chi connectivity index (χ2v) is 11.5. The van der Waals surface area contributed by atoms with Gasteiger partial charge in [0, 0.05) is 32.4 Å². The summed E-state index contributed by atoms with van der Waals surface area (Å²) in [6, 6.07) is 27.1. The molecule has 0 atom stereocenters. The van der Waals surface area contributed by atoms with Gasteiger partial charge in [0.15, 0.2) is 0 Å². The van der Waals surface area contributed by atoms with E-state index in [-0.39, 0.29) is 21.4 Å². The highest BCUT2D eigenvalue weighted by atomic mass is 35.5. The summed E-state index contributed by atoms with van der Waals surface area (Å²) in [5, 5.41) is 22.1. The number of fused-ring (bicyclic) bond motifs is 2. The number of para-hydroxylation sites is 2. The lowest BCUT2D eigenvalue weighted by atomic mass is 10.2. The number of carboxylic acids is 2. The number of rotatable bonds is 6. The van der Waals surface area contributed by atoms with E-state index in [2.05, 4.69) is 0 Å². The Hall–Kier alpha value is -3.65. The number of aromatic nitrogens is 2. The Labute approximate surface area is 271 Å². The van der Waals surface area contributed by atoms with Crippen molar-refractivity contribution in [1.82, 2.24) is 9.13 Å². The number of hydrogen-bond acceptors (Lipinski definition) is 2. The molecular weight excluding hydrogens is 654 g/mol. The maximum Gasteiger partial charge on any atom is 0.339 e. The van der Waals surface area contributed by atoms with Gasteiger partial charge in [0.2, 0.25) is 0 Å². The van der Waals surface area contributed by atoms with Crippen LogP contribution in [0.15, 0.2) is 91.0 Å². The maximum absolute atomic E-state index is 11.5. The first-order valence-electron chi connectivity index (χ1n) is 12.7. The van der Waals surface area contributed by atoms with Crippen molar-refractivity contribution in [2.45, 2.75) is 13.1 Å². The summed E-state index contributed by atoms with van der Waals surface area (Å²) in [7, 11) is 0. The number of halogens is 5. The van der Waals surface area contributed by atoms with Gasteiger partial charge in [0.05, 0.1) is 17.6 Å². The molecule has 0 saturated heterocycles. The van der Waals surface area contributed by atoms with E-state index in [9.17, 15) is 19.8 Å². The van der Waals surface area contributed by atoms with Crippen molar-refractivity contribution < 1.29 is 19.8 Å². The predicted molar refractivity (Wildman–Crippen MR) is 174 cm³/mol. The molecule has 218 valence electrons. The lowest BCUT2D eigenvalue weighted by Crippen LogP contribution is -2.02. The Bertz CT molecular complexity index is 2000. The van der Waals surface area contributed by atoms with E-state index in [1.807, 2.05) is 36.4 Å². The molecule has 0 amide bonds. The van der Waals surface area contributed by atoms with Crippen molar-refractivity contribution in [1.29, 1.82) is 0 Å². The summed E-state index contributed by atoms with van der Waals surface area (Å²) >= 11 is 30.5. The fourth-order valence-electron chi connectivity index (χ4n) is 4.85. The van der Waals surface area contributed by atoms with Crippen LogP contribution in [0.1, 0.15) is 31.8 Å². The highest BCUT2D eigenvalue weighted by Crippen LogP contribution is 2.33. The molecule has 0 aliphatic heterocycles. The van der Waals surface area contributed by atoms with Gasteiger partial charge in [0.25, 0.3) is 0 Å². The van der Waals surface area contributed by atoms with Crippen LogP contribution in [0.5, 0.6) is 0 Å². The molecule has 0 aliphatic carbocycles. The van der Waals surface area contributed by atoms with Gasteiger partial charge in [-0.1, -0.05) is 113 Å². The Balaban J connectivity index is 0.000000171. The van der Waals surface area contributed by atoms with Gasteiger partial charge in [-0.2, -0.15) is 0 Å². The first-order chi connectivity index (χ1) is 20.6. The Morgan fingerprint density at radius 3 is 1.53 bits per heavy atom. The van der Waals surface area contributed by atoms with Gasteiger partial charge in [-0.05, 0) is 47.5 Å². The smallest absolute Gasteiger partial charge is 0.339 e. The summed E-state index contributed by atoms with van der Waals surface area (Å²) in [5.41, 5.74) is 3.60. The van der Waals surface area contributed by atoms with Crippen LogP contribution in [0, 0.1) is 0 Å². The van der Waals surface area contributed by atoms with Crippen molar-refractivity contribution in [3.8, 4) is 0 Å². The van der Waals surface area contributed by atoms with Gasteiger partial charge in [-0.25, -0.2) is 9.59 Å². The van der Waals surface area contributed by atoms with Gasteiger partial charge >= 0.3 is 11.9 Å². The number of hydrogen-bond donors (Lipinski definition) is 2. The Morgan fingerprint density at radius 2 is 1.05 bits per heavy atom. The first kappa shape index (κ1) is 30.8. The van der Waals surface area contributed by atoms with Crippen molar-refractivity contribution in [3.63, 3.8) is 0 Å². The molecular formula is C32H21Cl5N2O4. The van der Waals surface area contributed by atoms with Crippen LogP contribution in [-0.4, -0.2) is 31.3 Å². The molecule has 2 N–H and O–H groups in total. The zero-order chi connectivity index (χ0) is 30.8. The van der Waals surface area contributed by atoms with Gasteiger partial charge in [-0.15, -0.1) is 0 Å². The summed E-state index contributed by atoms with van der Waals surface area (Å²) in [6.07, 6.45) is 0. The quantitative estimate of drug-likeness (QED) is 0.184. The van der Waals surface area contributed by atoms with Crippen molar-refractivity contribution in [3.05, 3.63) is 139 Å².